The topological polar surface area (TPSA) is 74.6 Å². The minimum absolute atomic E-state index is 0.347. The van der Waals surface area contributed by atoms with Crippen LogP contribution in [0.5, 0.6) is 0 Å². The van der Waals surface area contributed by atoms with Crippen molar-refractivity contribution in [2.45, 2.75) is 399 Å². The highest BCUT2D eigenvalue weighted by Gasteiger charge is 2.01. The van der Waals surface area contributed by atoms with Crippen molar-refractivity contribution in [3.63, 3.8) is 0 Å². The van der Waals surface area contributed by atoms with Crippen molar-refractivity contribution < 1.29 is 19.8 Å². The molecule has 4 nitrogen and oxygen atoms in total. The van der Waals surface area contributed by atoms with Crippen LogP contribution in [0.1, 0.15) is 399 Å². The molecule has 0 rings (SSSR count). The lowest BCUT2D eigenvalue weighted by Gasteiger charge is -2.04. The zero-order valence-electron chi connectivity index (χ0n) is 47.1. The Morgan fingerprint density at radius 3 is 0.353 bits per heavy atom. The molecule has 0 spiro atoms. The average molecular weight is 962 g/mol. The molecule has 0 amide bonds. The molecular weight excluding hydrogens is 833 g/mol. The van der Waals surface area contributed by atoms with Crippen LogP contribution in [0.25, 0.3) is 0 Å². The monoisotopic (exact) mass is 961 g/mol. The molecule has 0 aromatic carbocycles. The van der Waals surface area contributed by atoms with Crippen LogP contribution < -0.4 is 0 Å². The van der Waals surface area contributed by atoms with E-state index in [0.717, 1.165) is 25.7 Å². The van der Waals surface area contributed by atoms with Gasteiger partial charge in [0.25, 0.3) is 0 Å². The highest BCUT2D eigenvalue weighted by atomic mass is 16.4. The SMILES string of the molecule is CCCCCCCCCCCCCCCCCCCCCCCCCCCCCCCC(=O)O.CCCCCCCCCCCCCCCCCCCCCCCCCCCCCCCC(=O)O. The summed E-state index contributed by atoms with van der Waals surface area (Å²) < 4.78 is 0. The summed E-state index contributed by atoms with van der Waals surface area (Å²) in [7, 11) is 0. The van der Waals surface area contributed by atoms with Gasteiger partial charge < -0.3 is 10.2 Å². The first-order valence-electron chi connectivity index (χ1n) is 32.0. The van der Waals surface area contributed by atoms with Crippen molar-refractivity contribution in [1.82, 2.24) is 0 Å². The maximum Gasteiger partial charge on any atom is 0.303 e. The summed E-state index contributed by atoms with van der Waals surface area (Å²) in [5.74, 6) is -1.30. The number of carboxylic acids is 2. The zero-order valence-corrected chi connectivity index (χ0v) is 47.1. The number of hydrogen-bond acceptors (Lipinski definition) is 2. The van der Waals surface area contributed by atoms with Crippen molar-refractivity contribution in [3.8, 4) is 0 Å². The van der Waals surface area contributed by atoms with Crippen LogP contribution >= 0.6 is 0 Å². The summed E-state index contributed by atoms with van der Waals surface area (Å²) in [5.41, 5.74) is 0. The lowest BCUT2D eigenvalue weighted by molar-refractivity contribution is -0.138. The van der Waals surface area contributed by atoms with Gasteiger partial charge in [0.1, 0.15) is 0 Å². The van der Waals surface area contributed by atoms with E-state index in [2.05, 4.69) is 13.8 Å². The third kappa shape index (κ3) is 71.5. The van der Waals surface area contributed by atoms with Crippen molar-refractivity contribution in [2.24, 2.45) is 0 Å². The normalized spacial score (nSPS) is 11.3. The van der Waals surface area contributed by atoms with Gasteiger partial charge in [-0.15, -0.1) is 0 Å². The predicted octanol–water partition coefficient (Wildman–Crippen LogP) is 23.6. The molecule has 0 saturated carbocycles. The first-order chi connectivity index (χ1) is 33.5. The Labute approximate surface area is 429 Å². The smallest absolute Gasteiger partial charge is 0.303 e. The summed E-state index contributed by atoms with van der Waals surface area (Å²) in [6, 6.07) is 0. The van der Waals surface area contributed by atoms with Crippen LogP contribution in [0.2, 0.25) is 0 Å². The summed E-state index contributed by atoms with van der Waals surface area (Å²) >= 11 is 0. The quantitative estimate of drug-likeness (QED) is 0.0596. The molecule has 0 saturated heterocycles. The second kappa shape index (κ2) is 65.9. The molecule has 2 N–H and O–H groups in total. The van der Waals surface area contributed by atoms with Gasteiger partial charge in [-0.05, 0) is 12.8 Å². The van der Waals surface area contributed by atoms with Crippen LogP contribution in [0.3, 0.4) is 0 Å². The van der Waals surface area contributed by atoms with Crippen molar-refractivity contribution in [1.29, 1.82) is 0 Å². The van der Waals surface area contributed by atoms with Crippen molar-refractivity contribution in [3.05, 3.63) is 0 Å². The van der Waals surface area contributed by atoms with Gasteiger partial charge >= 0.3 is 11.9 Å². The average Bonchev–Trinajstić information content (AvgIpc) is 3.33. The molecule has 0 bridgehead atoms. The number of rotatable bonds is 60. The molecule has 0 fully saturated rings. The zero-order chi connectivity index (χ0) is 49.6. The fourth-order valence-corrected chi connectivity index (χ4v) is 10.2. The number of aliphatic carboxylic acids is 2. The molecule has 408 valence electrons. The molecule has 0 aromatic rings. The van der Waals surface area contributed by atoms with Gasteiger partial charge in [0, 0.05) is 12.8 Å². The van der Waals surface area contributed by atoms with E-state index in [1.165, 1.54) is 347 Å². The van der Waals surface area contributed by atoms with Gasteiger partial charge in [-0.2, -0.15) is 0 Å². The number of unbranched alkanes of at least 4 members (excludes halogenated alkanes) is 56. The fraction of sp³-hybridized carbons (Fsp3) is 0.969. The van der Waals surface area contributed by atoms with Crippen LogP contribution in [0.4, 0.5) is 0 Å². The summed E-state index contributed by atoms with van der Waals surface area (Å²) in [6.07, 6.45) is 81.9. The van der Waals surface area contributed by atoms with E-state index in [0.29, 0.717) is 12.8 Å². The van der Waals surface area contributed by atoms with Gasteiger partial charge in [0.2, 0.25) is 0 Å². The van der Waals surface area contributed by atoms with Gasteiger partial charge in [0.05, 0.1) is 0 Å². The first-order valence-corrected chi connectivity index (χ1v) is 32.0. The fourth-order valence-electron chi connectivity index (χ4n) is 10.2. The van der Waals surface area contributed by atoms with E-state index in [-0.39, 0.29) is 0 Å². The van der Waals surface area contributed by atoms with E-state index < -0.39 is 11.9 Å². The Balaban J connectivity index is 0. The van der Waals surface area contributed by atoms with Crippen molar-refractivity contribution >= 4 is 11.9 Å². The highest BCUT2D eigenvalue weighted by Crippen LogP contribution is 2.19. The van der Waals surface area contributed by atoms with Crippen LogP contribution in [0, 0.1) is 0 Å². The molecule has 0 aliphatic rings. The van der Waals surface area contributed by atoms with Crippen LogP contribution in [0.15, 0.2) is 0 Å². The Kier molecular flexibility index (Phi) is 66.9. The number of carbonyl (C=O) groups is 2. The Hall–Kier alpha value is -1.06. The van der Waals surface area contributed by atoms with E-state index in [9.17, 15) is 9.59 Å². The number of hydrogen-bond donors (Lipinski definition) is 2. The number of carboxylic acid groups (broad SMARTS) is 2. The predicted molar refractivity (Wildman–Crippen MR) is 304 cm³/mol. The maximum atomic E-state index is 10.5. The van der Waals surface area contributed by atoms with Gasteiger partial charge in [-0.3, -0.25) is 9.59 Å². The molecule has 0 heterocycles. The molecule has 0 radical (unpaired) electrons. The Bertz CT molecular complexity index is 830. The Morgan fingerprint density at radius 2 is 0.265 bits per heavy atom. The van der Waals surface area contributed by atoms with E-state index in [1.54, 1.807) is 0 Å². The first kappa shape index (κ1) is 69.0. The summed E-state index contributed by atoms with van der Waals surface area (Å²) in [6.45, 7) is 4.60. The molecule has 4 heteroatoms. The van der Waals surface area contributed by atoms with Gasteiger partial charge in [0.15, 0.2) is 0 Å². The van der Waals surface area contributed by atoms with Crippen LogP contribution in [-0.4, -0.2) is 22.2 Å². The highest BCUT2D eigenvalue weighted by molar-refractivity contribution is 5.66. The molecule has 0 atom stereocenters. The third-order valence-electron chi connectivity index (χ3n) is 15.0. The molecule has 0 aliphatic heterocycles. The van der Waals surface area contributed by atoms with Gasteiger partial charge in [-0.1, -0.05) is 373 Å². The lowest BCUT2D eigenvalue weighted by Crippen LogP contribution is -1.93. The van der Waals surface area contributed by atoms with E-state index in [1.807, 2.05) is 0 Å². The molecule has 0 aromatic heterocycles. The standard InChI is InChI=1S/2C32H64O2/c2*1-2-3-4-5-6-7-8-9-10-11-12-13-14-15-16-17-18-19-20-21-22-23-24-25-26-27-28-29-30-31-32(33)34/h2*2-31H2,1H3,(H,33,34). The minimum Gasteiger partial charge on any atom is -0.481 e. The molecular formula is C64H128O4. The second-order valence-corrected chi connectivity index (χ2v) is 22.1. The molecule has 0 unspecified atom stereocenters. The molecule has 68 heavy (non-hydrogen) atoms. The van der Waals surface area contributed by atoms with Gasteiger partial charge in [-0.25, -0.2) is 0 Å². The van der Waals surface area contributed by atoms with E-state index >= 15 is 0 Å². The summed E-state index contributed by atoms with van der Waals surface area (Å²) in [5, 5.41) is 17.2. The second-order valence-electron chi connectivity index (χ2n) is 22.1. The lowest BCUT2D eigenvalue weighted by atomic mass is 10.0. The molecule has 0 aliphatic carbocycles. The minimum atomic E-state index is -0.648. The third-order valence-corrected chi connectivity index (χ3v) is 15.0. The largest absolute Gasteiger partial charge is 0.481 e. The van der Waals surface area contributed by atoms with Crippen molar-refractivity contribution in [2.75, 3.05) is 0 Å². The van der Waals surface area contributed by atoms with E-state index in [4.69, 9.17) is 10.2 Å². The summed E-state index contributed by atoms with van der Waals surface area (Å²) in [4.78, 5) is 20.9. The Morgan fingerprint density at radius 1 is 0.176 bits per heavy atom. The van der Waals surface area contributed by atoms with Crippen LogP contribution in [-0.2, 0) is 9.59 Å². The maximum absolute atomic E-state index is 10.5.